The van der Waals surface area contributed by atoms with Gasteiger partial charge < -0.3 is 16.2 Å². The van der Waals surface area contributed by atoms with Crippen molar-refractivity contribution in [3.8, 4) is 5.75 Å². The highest BCUT2D eigenvalue weighted by Crippen LogP contribution is 2.15. The molecule has 0 unspecified atom stereocenters. The number of hydrogen-bond acceptors (Lipinski definition) is 3. The van der Waals surface area contributed by atoms with Gasteiger partial charge in [-0.2, -0.15) is 0 Å². The van der Waals surface area contributed by atoms with E-state index in [1.165, 1.54) is 6.07 Å². The number of benzene rings is 2. The van der Waals surface area contributed by atoms with Crippen molar-refractivity contribution in [2.24, 2.45) is 0 Å². The smallest absolute Gasteiger partial charge is 0.228 e. The summed E-state index contributed by atoms with van der Waals surface area (Å²) in [5.74, 6) is -0.00865. The van der Waals surface area contributed by atoms with Crippen molar-refractivity contribution < 1.29 is 9.90 Å². The second-order valence-electron chi connectivity index (χ2n) is 4.02. The Balaban J connectivity index is 1.98. The van der Waals surface area contributed by atoms with Crippen LogP contribution in [0.3, 0.4) is 0 Å². The molecule has 4 N–H and O–H groups in total. The van der Waals surface area contributed by atoms with Gasteiger partial charge in [0.1, 0.15) is 5.75 Å². The lowest BCUT2D eigenvalue weighted by atomic mass is 10.1. The van der Waals surface area contributed by atoms with E-state index < -0.39 is 0 Å². The summed E-state index contributed by atoms with van der Waals surface area (Å²) in [5, 5.41) is 12.0. The number of aromatic hydroxyl groups is 1. The number of amides is 1. The Bertz CT molecular complexity index is 550. The number of phenolic OH excluding ortho intramolecular Hbond substituents is 1. The maximum absolute atomic E-state index is 11.8. The average molecular weight is 242 g/mol. The summed E-state index contributed by atoms with van der Waals surface area (Å²) in [6, 6.07) is 13.6. The third kappa shape index (κ3) is 3.25. The zero-order valence-corrected chi connectivity index (χ0v) is 9.76. The molecule has 4 heteroatoms. The molecule has 0 aliphatic carbocycles. The molecular weight excluding hydrogens is 228 g/mol. The molecule has 2 aromatic carbocycles. The minimum atomic E-state index is -0.134. The lowest BCUT2D eigenvalue weighted by molar-refractivity contribution is -0.115. The van der Waals surface area contributed by atoms with Crippen molar-refractivity contribution >= 4 is 17.3 Å². The highest BCUT2D eigenvalue weighted by atomic mass is 16.3. The van der Waals surface area contributed by atoms with Gasteiger partial charge in [0, 0.05) is 17.4 Å². The van der Waals surface area contributed by atoms with E-state index in [1.807, 2.05) is 12.1 Å². The molecule has 2 rings (SSSR count). The molecule has 0 saturated heterocycles. The molecule has 18 heavy (non-hydrogen) atoms. The minimum absolute atomic E-state index is 0.125. The standard InChI is InChI=1S/C14H14N2O2/c15-11-6-4-10(5-7-11)8-14(18)16-12-2-1-3-13(17)9-12/h1-7,9,17H,8,15H2,(H,16,18). The highest BCUT2D eigenvalue weighted by molar-refractivity contribution is 5.92. The molecule has 0 heterocycles. The van der Waals surface area contributed by atoms with Crippen LogP contribution in [0.2, 0.25) is 0 Å². The molecule has 0 atom stereocenters. The molecule has 0 aliphatic heterocycles. The van der Waals surface area contributed by atoms with E-state index in [-0.39, 0.29) is 18.1 Å². The molecular formula is C14H14N2O2. The highest BCUT2D eigenvalue weighted by Gasteiger charge is 2.04. The van der Waals surface area contributed by atoms with E-state index >= 15 is 0 Å². The molecule has 0 aromatic heterocycles. The zero-order chi connectivity index (χ0) is 13.0. The Morgan fingerprint density at radius 1 is 1.17 bits per heavy atom. The predicted octanol–water partition coefficient (Wildman–Crippen LogP) is 2.16. The van der Waals surface area contributed by atoms with Crippen LogP contribution >= 0.6 is 0 Å². The first kappa shape index (κ1) is 12.0. The average Bonchev–Trinajstić information content (AvgIpc) is 2.32. The summed E-state index contributed by atoms with van der Waals surface area (Å²) in [5.41, 5.74) is 7.71. The van der Waals surface area contributed by atoms with Crippen LogP contribution in [0.25, 0.3) is 0 Å². The Kier molecular flexibility index (Phi) is 3.48. The predicted molar refractivity (Wildman–Crippen MR) is 71.3 cm³/mol. The first-order valence-corrected chi connectivity index (χ1v) is 5.57. The van der Waals surface area contributed by atoms with Crippen molar-refractivity contribution in [2.75, 3.05) is 11.1 Å². The van der Waals surface area contributed by atoms with Crippen LogP contribution in [0.1, 0.15) is 5.56 Å². The molecule has 2 aromatic rings. The van der Waals surface area contributed by atoms with Crippen molar-refractivity contribution in [3.63, 3.8) is 0 Å². The maximum Gasteiger partial charge on any atom is 0.228 e. The zero-order valence-electron chi connectivity index (χ0n) is 9.76. The monoisotopic (exact) mass is 242 g/mol. The van der Waals surface area contributed by atoms with Crippen LogP contribution in [-0.4, -0.2) is 11.0 Å². The summed E-state index contributed by atoms with van der Waals surface area (Å²) >= 11 is 0. The van der Waals surface area contributed by atoms with Crippen LogP contribution < -0.4 is 11.1 Å². The Morgan fingerprint density at radius 2 is 1.89 bits per heavy atom. The van der Waals surface area contributed by atoms with Crippen molar-refractivity contribution in [2.45, 2.75) is 6.42 Å². The van der Waals surface area contributed by atoms with E-state index in [9.17, 15) is 9.90 Å². The van der Waals surface area contributed by atoms with E-state index in [0.717, 1.165) is 5.56 Å². The molecule has 0 spiro atoms. The lowest BCUT2D eigenvalue weighted by Crippen LogP contribution is -2.14. The third-order valence-electron chi connectivity index (χ3n) is 2.47. The van der Waals surface area contributed by atoms with E-state index in [0.29, 0.717) is 11.4 Å². The van der Waals surface area contributed by atoms with Crippen molar-refractivity contribution in [3.05, 3.63) is 54.1 Å². The van der Waals surface area contributed by atoms with Crippen LogP contribution in [0, 0.1) is 0 Å². The number of carbonyl (C=O) groups excluding carboxylic acids is 1. The number of anilines is 2. The molecule has 4 nitrogen and oxygen atoms in total. The molecule has 0 bridgehead atoms. The van der Waals surface area contributed by atoms with Gasteiger partial charge in [-0.15, -0.1) is 0 Å². The molecule has 0 fully saturated rings. The number of nitrogen functional groups attached to an aromatic ring is 1. The van der Waals surface area contributed by atoms with E-state index in [1.54, 1.807) is 30.3 Å². The van der Waals surface area contributed by atoms with Crippen LogP contribution in [0.5, 0.6) is 5.75 Å². The van der Waals surface area contributed by atoms with Gasteiger partial charge >= 0.3 is 0 Å². The Morgan fingerprint density at radius 3 is 2.56 bits per heavy atom. The molecule has 0 aliphatic rings. The second-order valence-corrected chi connectivity index (χ2v) is 4.02. The SMILES string of the molecule is Nc1ccc(CC(=O)Nc2cccc(O)c2)cc1. The number of nitrogens with one attached hydrogen (secondary N) is 1. The topological polar surface area (TPSA) is 75.4 Å². The fourth-order valence-corrected chi connectivity index (χ4v) is 1.61. The lowest BCUT2D eigenvalue weighted by Gasteiger charge is -2.05. The summed E-state index contributed by atoms with van der Waals surface area (Å²) in [6.07, 6.45) is 0.274. The van der Waals surface area contributed by atoms with Gasteiger partial charge in [-0.3, -0.25) is 4.79 Å². The van der Waals surface area contributed by atoms with Crippen LogP contribution in [0.4, 0.5) is 11.4 Å². The van der Waals surface area contributed by atoms with Gasteiger partial charge in [0.2, 0.25) is 5.91 Å². The first-order chi connectivity index (χ1) is 8.63. The summed E-state index contributed by atoms with van der Waals surface area (Å²) in [4.78, 5) is 11.8. The summed E-state index contributed by atoms with van der Waals surface area (Å²) < 4.78 is 0. The van der Waals surface area contributed by atoms with Gasteiger partial charge in [-0.1, -0.05) is 18.2 Å². The van der Waals surface area contributed by atoms with Gasteiger partial charge in [-0.05, 0) is 29.8 Å². The van der Waals surface area contributed by atoms with Crippen molar-refractivity contribution in [1.29, 1.82) is 0 Å². The van der Waals surface area contributed by atoms with Gasteiger partial charge in [-0.25, -0.2) is 0 Å². The fraction of sp³-hybridized carbons (Fsp3) is 0.0714. The first-order valence-electron chi connectivity index (χ1n) is 5.57. The van der Waals surface area contributed by atoms with E-state index in [4.69, 9.17) is 5.73 Å². The largest absolute Gasteiger partial charge is 0.508 e. The molecule has 0 radical (unpaired) electrons. The third-order valence-corrected chi connectivity index (χ3v) is 2.47. The fourth-order valence-electron chi connectivity index (χ4n) is 1.61. The van der Waals surface area contributed by atoms with Crippen LogP contribution in [0.15, 0.2) is 48.5 Å². The van der Waals surface area contributed by atoms with E-state index in [2.05, 4.69) is 5.32 Å². The summed E-state index contributed by atoms with van der Waals surface area (Å²) in [7, 11) is 0. The number of phenols is 1. The van der Waals surface area contributed by atoms with Crippen LogP contribution in [-0.2, 0) is 11.2 Å². The molecule has 0 saturated carbocycles. The molecule has 92 valence electrons. The van der Waals surface area contributed by atoms with Gasteiger partial charge in [0.15, 0.2) is 0 Å². The number of carbonyl (C=O) groups is 1. The second kappa shape index (κ2) is 5.23. The quantitative estimate of drug-likeness (QED) is 0.722. The number of nitrogens with two attached hydrogens (primary N) is 1. The Hall–Kier alpha value is -2.49. The summed E-state index contributed by atoms with van der Waals surface area (Å²) in [6.45, 7) is 0. The minimum Gasteiger partial charge on any atom is -0.508 e. The van der Waals surface area contributed by atoms with Gasteiger partial charge in [0.25, 0.3) is 0 Å². The maximum atomic E-state index is 11.8. The molecule has 1 amide bonds. The Labute approximate surface area is 105 Å². The number of hydrogen-bond donors (Lipinski definition) is 3. The normalized spacial score (nSPS) is 10.0. The van der Waals surface area contributed by atoms with Gasteiger partial charge in [0.05, 0.1) is 6.42 Å². The number of rotatable bonds is 3. The van der Waals surface area contributed by atoms with Crippen molar-refractivity contribution in [1.82, 2.24) is 0 Å².